The smallest absolute Gasteiger partial charge is 0.215 e. The monoisotopic (exact) mass is 373 g/mol. The highest BCUT2D eigenvalue weighted by molar-refractivity contribution is 7.90. The first kappa shape index (κ1) is 17.8. The topological polar surface area (TPSA) is 78.4 Å². The number of halogens is 1. The van der Waals surface area contributed by atoms with Gasteiger partial charge in [0.2, 0.25) is 10.0 Å². The number of nitrogens with zero attached hydrogens (tertiary/aromatic N) is 4. The van der Waals surface area contributed by atoms with Crippen LogP contribution >= 0.6 is 11.6 Å². The average molecular weight is 374 g/mol. The van der Waals surface area contributed by atoms with E-state index < -0.39 is 10.0 Å². The predicted octanol–water partition coefficient (Wildman–Crippen LogP) is 1.10. The molecule has 0 amide bonds. The van der Waals surface area contributed by atoms with Gasteiger partial charge in [-0.15, -0.1) is 0 Å². The number of sulfonamides is 1. The summed E-state index contributed by atoms with van der Waals surface area (Å²) in [5.41, 5.74) is 0.841. The average Bonchev–Trinajstić information content (AvgIpc) is 3.24. The zero-order valence-electron chi connectivity index (χ0n) is 14.1. The third-order valence-corrected chi connectivity index (χ3v) is 6.77. The number of hydrogen-bond acceptors (Lipinski definition) is 6. The molecule has 2 heterocycles. The van der Waals surface area contributed by atoms with Gasteiger partial charge in [-0.25, -0.2) is 23.1 Å². The fraction of sp³-hybridized carbons (Fsp3) is 0.733. The first-order chi connectivity index (χ1) is 11.4. The first-order valence-corrected chi connectivity index (χ1v) is 10.2. The maximum Gasteiger partial charge on any atom is 0.215 e. The van der Waals surface area contributed by atoms with Crippen molar-refractivity contribution in [2.24, 2.45) is 5.92 Å². The van der Waals surface area contributed by atoms with Crippen LogP contribution in [0, 0.1) is 5.92 Å². The molecule has 134 valence electrons. The third-order valence-electron chi connectivity index (χ3n) is 4.61. The second-order valence-electron chi connectivity index (χ2n) is 6.84. The molecule has 1 aliphatic carbocycles. The lowest BCUT2D eigenvalue weighted by atomic mass is 10.2. The lowest BCUT2D eigenvalue weighted by Crippen LogP contribution is -2.37. The second kappa shape index (κ2) is 7.11. The van der Waals surface area contributed by atoms with Crippen molar-refractivity contribution in [3.63, 3.8) is 0 Å². The molecular weight excluding hydrogens is 350 g/mol. The van der Waals surface area contributed by atoms with Gasteiger partial charge in [0.1, 0.15) is 17.3 Å². The largest absolute Gasteiger partial charge is 0.362 e. The molecule has 1 saturated heterocycles. The summed E-state index contributed by atoms with van der Waals surface area (Å²) in [4.78, 5) is 12.3. The Balaban J connectivity index is 1.64. The molecule has 1 saturated carbocycles. The van der Waals surface area contributed by atoms with E-state index in [2.05, 4.69) is 19.6 Å². The summed E-state index contributed by atoms with van der Waals surface area (Å²) in [7, 11) is 0.565. The van der Waals surface area contributed by atoms with E-state index in [1.807, 2.05) is 19.0 Å². The van der Waals surface area contributed by atoms with Crippen LogP contribution in [0.15, 0.2) is 6.33 Å². The minimum Gasteiger partial charge on any atom is -0.362 e. The van der Waals surface area contributed by atoms with Gasteiger partial charge in [0, 0.05) is 39.3 Å². The molecule has 1 N–H and O–H groups in total. The minimum absolute atomic E-state index is 0.359. The Morgan fingerprint density at radius 3 is 2.75 bits per heavy atom. The summed E-state index contributed by atoms with van der Waals surface area (Å²) in [6.45, 7) is 2.38. The molecule has 3 rings (SSSR count). The fourth-order valence-corrected chi connectivity index (χ4v) is 4.71. The standard InChI is InChI=1S/C15H24ClN5O2S/c1-20(2)15-13(14(16)17-10-18-15)9-21-6-5-12(8-21)24(22,23)19-7-11-3-4-11/h10-12,19H,3-9H2,1-2H3. The highest BCUT2D eigenvalue weighted by Crippen LogP contribution is 2.29. The van der Waals surface area contributed by atoms with Gasteiger partial charge >= 0.3 is 0 Å². The summed E-state index contributed by atoms with van der Waals surface area (Å²) in [5, 5.41) is 0.0642. The number of aromatic nitrogens is 2. The number of nitrogens with one attached hydrogen (secondary N) is 1. The van der Waals surface area contributed by atoms with E-state index in [-0.39, 0.29) is 5.25 Å². The summed E-state index contributed by atoms with van der Waals surface area (Å²) in [6.07, 6.45) is 4.36. The van der Waals surface area contributed by atoms with Gasteiger partial charge in [-0.3, -0.25) is 4.90 Å². The lowest BCUT2D eigenvalue weighted by Gasteiger charge is -2.21. The number of anilines is 1. The van der Waals surface area contributed by atoms with Crippen LogP contribution in [0.1, 0.15) is 24.8 Å². The van der Waals surface area contributed by atoms with E-state index in [0.717, 1.165) is 30.8 Å². The van der Waals surface area contributed by atoms with E-state index in [0.29, 0.717) is 37.1 Å². The van der Waals surface area contributed by atoms with Crippen molar-refractivity contribution < 1.29 is 8.42 Å². The van der Waals surface area contributed by atoms with Gasteiger partial charge in [0.05, 0.1) is 5.25 Å². The van der Waals surface area contributed by atoms with Gasteiger partial charge in [-0.1, -0.05) is 11.6 Å². The third kappa shape index (κ3) is 4.17. The van der Waals surface area contributed by atoms with Gasteiger partial charge < -0.3 is 4.90 Å². The van der Waals surface area contributed by atoms with Crippen LogP contribution in [0.4, 0.5) is 5.82 Å². The van der Waals surface area contributed by atoms with Crippen molar-refractivity contribution in [2.45, 2.75) is 31.1 Å². The molecule has 1 unspecified atom stereocenters. The van der Waals surface area contributed by atoms with Crippen molar-refractivity contribution in [1.29, 1.82) is 0 Å². The summed E-state index contributed by atoms with van der Waals surface area (Å²) >= 11 is 6.23. The molecule has 0 spiro atoms. The Bertz CT molecular complexity index is 693. The van der Waals surface area contributed by atoms with Crippen LogP contribution in [0.25, 0.3) is 0 Å². The highest BCUT2D eigenvalue weighted by atomic mass is 35.5. The molecule has 2 aliphatic rings. The van der Waals surface area contributed by atoms with Gasteiger partial charge in [0.15, 0.2) is 0 Å². The normalized spacial score (nSPS) is 22.0. The van der Waals surface area contributed by atoms with E-state index in [1.165, 1.54) is 6.33 Å². The molecule has 0 radical (unpaired) electrons. The Hall–Kier alpha value is -0.960. The molecule has 0 bridgehead atoms. The molecule has 0 aromatic carbocycles. The van der Waals surface area contributed by atoms with Crippen molar-refractivity contribution >= 4 is 27.4 Å². The van der Waals surface area contributed by atoms with Crippen LogP contribution in [0.5, 0.6) is 0 Å². The Kier molecular flexibility index (Phi) is 5.29. The number of rotatable bonds is 7. The van der Waals surface area contributed by atoms with Crippen LogP contribution in [0.2, 0.25) is 5.15 Å². The van der Waals surface area contributed by atoms with Crippen LogP contribution in [-0.4, -0.2) is 62.3 Å². The van der Waals surface area contributed by atoms with Crippen molar-refractivity contribution in [2.75, 3.05) is 38.6 Å². The molecule has 24 heavy (non-hydrogen) atoms. The van der Waals surface area contributed by atoms with Crippen LogP contribution < -0.4 is 9.62 Å². The van der Waals surface area contributed by atoms with Crippen molar-refractivity contribution in [3.8, 4) is 0 Å². The molecule has 1 aliphatic heterocycles. The predicted molar refractivity (Wildman–Crippen MR) is 94.7 cm³/mol. The van der Waals surface area contributed by atoms with E-state index >= 15 is 0 Å². The molecule has 7 nitrogen and oxygen atoms in total. The summed E-state index contributed by atoms with van der Waals surface area (Å²) in [6, 6.07) is 0. The second-order valence-corrected chi connectivity index (χ2v) is 9.25. The molecule has 1 aromatic heterocycles. The maximum absolute atomic E-state index is 12.4. The lowest BCUT2D eigenvalue weighted by molar-refractivity contribution is 0.330. The molecule has 1 aromatic rings. The molecule has 2 fully saturated rings. The zero-order valence-corrected chi connectivity index (χ0v) is 15.6. The van der Waals surface area contributed by atoms with E-state index in [1.54, 1.807) is 0 Å². The first-order valence-electron chi connectivity index (χ1n) is 8.24. The molecule has 9 heteroatoms. The summed E-state index contributed by atoms with van der Waals surface area (Å²) < 4.78 is 27.6. The Labute approximate surface area is 148 Å². The number of likely N-dealkylation sites (tertiary alicyclic amines) is 1. The summed E-state index contributed by atoms with van der Waals surface area (Å²) in [5.74, 6) is 1.31. The molecule has 1 atom stereocenters. The van der Waals surface area contributed by atoms with E-state index in [9.17, 15) is 8.42 Å². The van der Waals surface area contributed by atoms with Gasteiger partial charge in [0.25, 0.3) is 0 Å². The van der Waals surface area contributed by atoms with Gasteiger partial charge in [-0.05, 0) is 31.7 Å². The minimum atomic E-state index is -3.24. The van der Waals surface area contributed by atoms with Crippen molar-refractivity contribution in [3.05, 3.63) is 17.0 Å². The Morgan fingerprint density at radius 2 is 2.08 bits per heavy atom. The maximum atomic E-state index is 12.4. The number of hydrogen-bond donors (Lipinski definition) is 1. The fourth-order valence-electron chi connectivity index (χ4n) is 3.00. The van der Waals surface area contributed by atoms with Crippen LogP contribution in [-0.2, 0) is 16.6 Å². The van der Waals surface area contributed by atoms with Crippen LogP contribution in [0.3, 0.4) is 0 Å². The highest BCUT2D eigenvalue weighted by Gasteiger charge is 2.34. The van der Waals surface area contributed by atoms with Gasteiger partial charge in [-0.2, -0.15) is 0 Å². The van der Waals surface area contributed by atoms with E-state index in [4.69, 9.17) is 11.6 Å². The quantitative estimate of drug-likeness (QED) is 0.721. The Morgan fingerprint density at radius 1 is 1.33 bits per heavy atom. The van der Waals surface area contributed by atoms with Crippen molar-refractivity contribution in [1.82, 2.24) is 19.6 Å². The zero-order chi connectivity index (χ0) is 17.3. The molecular formula is C15H24ClN5O2S. The SMILES string of the molecule is CN(C)c1ncnc(Cl)c1CN1CCC(S(=O)(=O)NCC2CC2)C1.